The van der Waals surface area contributed by atoms with E-state index in [2.05, 4.69) is 34.1 Å². The molecular weight excluding hydrogens is 248 g/mol. The average Bonchev–Trinajstić information content (AvgIpc) is 2.48. The molecule has 3 nitrogen and oxygen atoms in total. The number of fused-ring (bicyclic) bond motifs is 1. The molecule has 1 aliphatic rings. The highest BCUT2D eigenvalue weighted by molar-refractivity contribution is 5.82. The number of piperidine rings is 1. The third-order valence-corrected chi connectivity index (χ3v) is 4.17. The molecule has 0 N–H and O–H groups in total. The number of pyridine rings is 1. The summed E-state index contributed by atoms with van der Waals surface area (Å²) in [5.74, 6) is 0.290. The standard InChI is InChI=1S/C17H20N2O/c1-13(20)16-9-2-3-11-19(16)12-15-7-4-6-14-8-5-10-18-17(14)15/h4-8,10,16H,2-3,9,11-12H2,1H3. The zero-order chi connectivity index (χ0) is 13.9. The Hall–Kier alpha value is -1.74. The number of hydrogen-bond donors (Lipinski definition) is 0. The van der Waals surface area contributed by atoms with E-state index in [-0.39, 0.29) is 11.8 Å². The molecule has 0 bridgehead atoms. The lowest BCUT2D eigenvalue weighted by molar-refractivity contribution is -0.123. The van der Waals surface area contributed by atoms with Gasteiger partial charge in [0.2, 0.25) is 0 Å². The van der Waals surface area contributed by atoms with Gasteiger partial charge < -0.3 is 0 Å². The zero-order valence-corrected chi connectivity index (χ0v) is 11.9. The predicted octanol–water partition coefficient (Wildman–Crippen LogP) is 3.18. The van der Waals surface area contributed by atoms with Crippen molar-refractivity contribution in [3.05, 3.63) is 42.1 Å². The summed E-state index contributed by atoms with van der Waals surface area (Å²) in [5.41, 5.74) is 2.28. The molecule has 0 spiro atoms. The van der Waals surface area contributed by atoms with E-state index >= 15 is 0 Å². The van der Waals surface area contributed by atoms with Crippen LogP contribution in [0, 0.1) is 0 Å². The Morgan fingerprint density at radius 1 is 1.30 bits per heavy atom. The number of hydrogen-bond acceptors (Lipinski definition) is 3. The van der Waals surface area contributed by atoms with Crippen molar-refractivity contribution in [1.82, 2.24) is 9.88 Å². The topological polar surface area (TPSA) is 33.2 Å². The second kappa shape index (κ2) is 5.71. The van der Waals surface area contributed by atoms with Crippen LogP contribution in [0.4, 0.5) is 0 Å². The first kappa shape index (κ1) is 13.3. The van der Waals surface area contributed by atoms with Crippen LogP contribution in [0.15, 0.2) is 36.5 Å². The van der Waals surface area contributed by atoms with Crippen molar-refractivity contribution in [2.45, 2.75) is 38.8 Å². The van der Waals surface area contributed by atoms with Crippen molar-refractivity contribution in [3.63, 3.8) is 0 Å². The van der Waals surface area contributed by atoms with Gasteiger partial charge in [-0.2, -0.15) is 0 Å². The highest BCUT2D eigenvalue weighted by Gasteiger charge is 2.26. The smallest absolute Gasteiger partial charge is 0.146 e. The van der Waals surface area contributed by atoms with Crippen LogP contribution in [-0.4, -0.2) is 28.3 Å². The van der Waals surface area contributed by atoms with Crippen molar-refractivity contribution >= 4 is 16.7 Å². The summed E-state index contributed by atoms with van der Waals surface area (Å²) in [4.78, 5) is 18.6. The second-order valence-corrected chi connectivity index (χ2v) is 5.58. The molecule has 1 aromatic carbocycles. The third kappa shape index (κ3) is 2.59. The quantitative estimate of drug-likeness (QED) is 0.857. The van der Waals surface area contributed by atoms with Gasteiger partial charge in [0.15, 0.2) is 0 Å². The minimum atomic E-state index is 0.0859. The Labute approximate surface area is 119 Å². The van der Waals surface area contributed by atoms with Gasteiger partial charge in [-0.05, 0) is 37.9 Å². The highest BCUT2D eigenvalue weighted by Crippen LogP contribution is 2.23. The second-order valence-electron chi connectivity index (χ2n) is 5.58. The molecule has 2 heterocycles. The van der Waals surface area contributed by atoms with Crippen LogP contribution in [0.25, 0.3) is 10.9 Å². The van der Waals surface area contributed by atoms with Crippen LogP contribution in [0.1, 0.15) is 31.7 Å². The van der Waals surface area contributed by atoms with Crippen LogP contribution in [0.5, 0.6) is 0 Å². The Bertz CT molecular complexity index is 618. The number of benzene rings is 1. The monoisotopic (exact) mass is 268 g/mol. The first-order chi connectivity index (χ1) is 9.75. The van der Waals surface area contributed by atoms with Crippen LogP contribution < -0.4 is 0 Å². The van der Waals surface area contributed by atoms with Crippen molar-refractivity contribution < 1.29 is 4.79 Å². The maximum atomic E-state index is 11.8. The van der Waals surface area contributed by atoms with Gasteiger partial charge in [0.1, 0.15) is 5.78 Å². The fourth-order valence-corrected chi connectivity index (χ4v) is 3.15. The van der Waals surface area contributed by atoms with E-state index in [1.807, 2.05) is 12.3 Å². The molecule has 1 unspecified atom stereocenters. The van der Waals surface area contributed by atoms with E-state index in [9.17, 15) is 4.79 Å². The third-order valence-electron chi connectivity index (χ3n) is 4.17. The number of rotatable bonds is 3. The Balaban J connectivity index is 1.90. The first-order valence-electron chi connectivity index (χ1n) is 7.33. The molecule has 1 aromatic heterocycles. The Kier molecular flexibility index (Phi) is 3.79. The largest absolute Gasteiger partial charge is 0.298 e. The molecule has 1 atom stereocenters. The van der Waals surface area contributed by atoms with E-state index in [1.54, 1.807) is 6.92 Å². The van der Waals surface area contributed by atoms with Gasteiger partial charge in [0, 0.05) is 18.1 Å². The van der Waals surface area contributed by atoms with E-state index in [0.29, 0.717) is 0 Å². The first-order valence-corrected chi connectivity index (χ1v) is 7.33. The lowest BCUT2D eigenvalue weighted by Crippen LogP contribution is -2.43. The number of carbonyl (C=O) groups excluding carboxylic acids is 1. The van der Waals surface area contributed by atoms with Gasteiger partial charge in [-0.15, -0.1) is 0 Å². The molecule has 0 saturated carbocycles. The fraction of sp³-hybridized carbons (Fsp3) is 0.412. The molecule has 20 heavy (non-hydrogen) atoms. The van der Waals surface area contributed by atoms with Crippen molar-refractivity contribution in [2.75, 3.05) is 6.54 Å². The number of likely N-dealkylation sites (tertiary alicyclic amines) is 1. The van der Waals surface area contributed by atoms with Gasteiger partial charge in [-0.25, -0.2) is 0 Å². The van der Waals surface area contributed by atoms with Crippen molar-refractivity contribution in [3.8, 4) is 0 Å². The van der Waals surface area contributed by atoms with Crippen LogP contribution in [0.2, 0.25) is 0 Å². The van der Waals surface area contributed by atoms with E-state index in [4.69, 9.17) is 0 Å². The molecule has 3 heteroatoms. The number of para-hydroxylation sites is 1. The minimum Gasteiger partial charge on any atom is -0.298 e. The van der Waals surface area contributed by atoms with Gasteiger partial charge in [-0.1, -0.05) is 30.7 Å². The van der Waals surface area contributed by atoms with Gasteiger partial charge >= 0.3 is 0 Å². The van der Waals surface area contributed by atoms with Crippen LogP contribution in [-0.2, 0) is 11.3 Å². The molecule has 2 aromatic rings. The molecule has 3 rings (SSSR count). The molecule has 1 fully saturated rings. The molecule has 0 aliphatic carbocycles. The fourth-order valence-electron chi connectivity index (χ4n) is 3.15. The van der Waals surface area contributed by atoms with Crippen LogP contribution >= 0.6 is 0 Å². The van der Waals surface area contributed by atoms with Crippen molar-refractivity contribution in [1.29, 1.82) is 0 Å². The summed E-state index contributed by atoms with van der Waals surface area (Å²) in [6.45, 7) is 3.54. The Morgan fingerprint density at radius 3 is 3.00 bits per heavy atom. The summed E-state index contributed by atoms with van der Waals surface area (Å²) >= 11 is 0. The van der Waals surface area contributed by atoms with Gasteiger partial charge in [0.25, 0.3) is 0 Å². The molecule has 1 aliphatic heterocycles. The number of aromatic nitrogens is 1. The maximum absolute atomic E-state index is 11.8. The molecular formula is C17H20N2O. The number of carbonyl (C=O) groups is 1. The summed E-state index contributed by atoms with van der Waals surface area (Å²) in [5, 5.41) is 1.17. The summed E-state index contributed by atoms with van der Waals surface area (Å²) in [6.07, 6.45) is 5.18. The van der Waals surface area contributed by atoms with Crippen molar-refractivity contribution in [2.24, 2.45) is 0 Å². The number of nitrogens with zero attached hydrogens (tertiary/aromatic N) is 2. The lowest BCUT2D eigenvalue weighted by atomic mass is 9.98. The zero-order valence-electron chi connectivity index (χ0n) is 11.9. The average molecular weight is 268 g/mol. The van der Waals surface area contributed by atoms with Gasteiger partial charge in [-0.3, -0.25) is 14.7 Å². The maximum Gasteiger partial charge on any atom is 0.146 e. The highest BCUT2D eigenvalue weighted by atomic mass is 16.1. The summed E-state index contributed by atoms with van der Waals surface area (Å²) in [7, 11) is 0. The molecule has 1 saturated heterocycles. The minimum absolute atomic E-state index is 0.0859. The predicted molar refractivity (Wildman–Crippen MR) is 80.5 cm³/mol. The van der Waals surface area contributed by atoms with E-state index in [1.165, 1.54) is 17.4 Å². The lowest BCUT2D eigenvalue weighted by Gasteiger charge is -2.34. The summed E-state index contributed by atoms with van der Waals surface area (Å²) < 4.78 is 0. The van der Waals surface area contributed by atoms with E-state index < -0.39 is 0 Å². The molecule has 104 valence electrons. The molecule has 0 amide bonds. The van der Waals surface area contributed by atoms with Gasteiger partial charge in [0.05, 0.1) is 11.6 Å². The summed E-state index contributed by atoms with van der Waals surface area (Å²) in [6, 6.07) is 10.4. The Morgan fingerprint density at radius 2 is 2.15 bits per heavy atom. The number of ketones is 1. The number of Topliss-reactive ketones (excluding diaryl/α,β-unsaturated/α-hetero) is 1. The van der Waals surface area contributed by atoms with E-state index in [0.717, 1.165) is 31.4 Å². The van der Waals surface area contributed by atoms with Crippen LogP contribution in [0.3, 0.4) is 0 Å². The SMILES string of the molecule is CC(=O)C1CCCCN1Cc1cccc2cccnc12. The molecule has 0 radical (unpaired) electrons. The normalized spacial score (nSPS) is 20.1.